The van der Waals surface area contributed by atoms with Gasteiger partial charge in [-0.1, -0.05) is 30.3 Å². The zero-order valence-corrected chi connectivity index (χ0v) is 14.9. The minimum absolute atomic E-state index is 0.939. The lowest BCUT2D eigenvalue weighted by Gasteiger charge is -2.09. The summed E-state index contributed by atoms with van der Waals surface area (Å²) < 4.78 is 2.31. The van der Waals surface area contributed by atoms with Crippen molar-refractivity contribution in [3.8, 4) is 11.1 Å². The van der Waals surface area contributed by atoms with E-state index >= 15 is 0 Å². The highest BCUT2D eigenvalue weighted by atomic mass is 15.0. The zero-order chi connectivity index (χ0) is 18.2. The first-order chi connectivity index (χ1) is 13.9. The maximum atomic E-state index is 5.04. The molecule has 0 bridgehead atoms. The van der Waals surface area contributed by atoms with Crippen molar-refractivity contribution in [3.05, 3.63) is 84.4 Å². The molecule has 4 heterocycles. The Morgan fingerprint density at radius 2 is 1.61 bits per heavy atom. The van der Waals surface area contributed by atoms with Crippen LogP contribution in [0.1, 0.15) is 11.1 Å². The highest BCUT2D eigenvalue weighted by Crippen LogP contribution is 2.42. The topological polar surface area (TPSA) is 43.1 Å². The van der Waals surface area contributed by atoms with Crippen molar-refractivity contribution in [2.45, 2.75) is 6.42 Å². The smallest absolute Gasteiger partial charge is 0.147 e. The number of rotatable bonds is 0. The first kappa shape index (κ1) is 14.3. The van der Waals surface area contributed by atoms with Crippen LogP contribution in [0.25, 0.3) is 49.5 Å². The summed E-state index contributed by atoms with van der Waals surface area (Å²) in [5.41, 5.74) is 9.71. The Morgan fingerprint density at radius 1 is 0.750 bits per heavy atom. The van der Waals surface area contributed by atoms with Gasteiger partial charge in [0.15, 0.2) is 0 Å². The molecule has 0 amide bonds. The van der Waals surface area contributed by atoms with Crippen LogP contribution in [0, 0.1) is 0 Å². The molecular weight excluding hydrogens is 344 g/mol. The van der Waals surface area contributed by atoms with Crippen molar-refractivity contribution in [3.63, 3.8) is 0 Å². The molecule has 6 aromatic rings. The molecule has 0 radical (unpaired) electrons. The van der Waals surface area contributed by atoms with E-state index in [4.69, 9.17) is 4.98 Å². The summed E-state index contributed by atoms with van der Waals surface area (Å²) in [4.78, 5) is 13.8. The predicted octanol–water partition coefficient (Wildman–Crippen LogP) is 5.16. The van der Waals surface area contributed by atoms with Gasteiger partial charge in [0, 0.05) is 42.0 Å². The Kier molecular flexibility index (Phi) is 2.51. The van der Waals surface area contributed by atoms with Gasteiger partial charge in [-0.2, -0.15) is 0 Å². The van der Waals surface area contributed by atoms with Crippen molar-refractivity contribution in [2.24, 2.45) is 0 Å². The second-order valence-electron chi connectivity index (χ2n) is 7.38. The van der Waals surface area contributed by atoms with Crippen LogP contribution in [0.2, 0.25) is 0 Å². The summed E-state index contributed by atoms with van der Waals surface area (Å²) in [7, 11) is 0. The van der Waals surface area contributed by atoms with Gasteiger partial charge in [0.1, 0.15) is 5.65 Å². The first-order valence-corrected chi connectivity index (χ1v) is 9.42. The molecule has 1 aliphatic rings. The second-order valence-corrected chi connectivity index (χ2v) is 7.38. The molecule has 1 aliphatic carbocycles. The minimum Gasteiger partial charge on any atom is -0.291 e. The monoisotopic (exact) mass is 358 g/mol. The largest absolute Gasteiger partial charge is 0.291 e. The van der Waals surface area contributed by atoms with Crippen LogP contribution in [-0.4, -0.2) is 19.4 Å². The van der Waals surface area contributed by atoms with Crippen LogP contribution in [0.3, 0.4) is 0 Å². The molecule has 0 N–H and O–H groups in total. The van der Waals surface area contributed by atoms with Crippen molar-refractivity contribution in [2.75, 3.05) is 0 Å². The molecule has 4 heteroatoms. The normalized spacial score (nSPS) is 12.9. The second kappa shape index (κ2) is 4.93. The molecule has 130 valence electrons. The number of aromatic nitrogens is 4. The lowest BCUT2D eigenvalue weighted by Crippen LogP contribution is -1.94. The van der Waals surface area contributed by atoms with E-state index in [-0.39, 0.29) is 0 Å². The SMILES string of the molecule is c1ccc2c(c1)Cc1c-2ccc2nc3c4cnccc4c4cnccc4n3c12. The number of nitrogens with zero attached hydrogens (tertiary/aromatic N) is 4. The summed E-state index contributed by atoms with van der Waals surface area (Å²) in [5, 5.41) is 3.32. The number of hydrogen-bond acceptors (Lipinski definition) is 3. The fraction of sp³-hybridized carbons (Fsp3) is 0.0417. The summed E-state index contributed by atoms with van der Waals surface area (Å²) in [6.07, 6.45) is 8.49. The molecular formula is C24H14N4. The fourth-order valence-electron chi connectivity index (χ4n) is 4.80. The average Bonchev–Trinajstić information content (AvgIpc) is 3.32. The maximum Gasteiger partial charge on any atom is 0.147 e. The van der Waals surface area contributed by atoms with Crippen molar-refractivity contribution in [1.29, 1.82) is 0 Å². The standard InChI is InChI=1S/C24H14N4/c1-2-4-15-14(3-1)11-18-16(15)5-6-21-23(18)28-22-8-10-26-12-19(22)17-7-9-25-13-20(17)24(28)27-21/h1-10,12-13H,11H2. The molecule has 0 spiro atoms. The van der Waals surface area contributed by atoms with Gasteiger partial charge < -0.3 is 0 Å². The quantitative estimate of drug-likeness (QED) is 0.352. The molecule has 2 aromatic carbocycles. The van der Waals surface area contributed by atoms with Gasteiger partial charge in [0.25, 0.3) is 0 Å². The highest BCUT2D eigenvalue weighted by molar-refractivity contribution is 6.13. The molecule has 0 aliphatic heterocycles. The third-order valence-electron chi connectivity index (χ3n) is 5.99. The van der Waals surface area contributed by atoms with E-state index in [1.54, 1.807) is 0 Å². The Morgan fingerprint density at radius 3 is 2.57 bits per heavy atom. The molecule has 0 saturated carbocycles. The predicted molar refractivity (Wildman–Crippen MR) is 112 cm³/mol. The number of pyridine rings is 3. The van der Waals surface area contributed by atoms with Crippen LogP contribution >= 0.6 is 0 Å². The summed E-state index contributed by atoms with van der Waals surface area (Å²) in [6, 6.07) is 17.2. The lowest BCUT2D eigenvalue weighted by molar-refractivity contribution is 1.23. The maximum absolute atomic E-state index is 5.04. The fourth-order valence-corrected chi connectivity index (χ4v) is 4.80. The number of hydrogen-bond donors (Lipinski definition) is 0. The van der Waals surface area contributed by atoms with Crippen LogP contribution in [-0.2, 0) is 6.42 Å². The van der Waals surface area contributed by atoms with Gasteiger partial charge in [0.05, 0.1) is 16.6 Å². The molecule has 0 fully saturated rings. The van der Waals surface area contributed by atoms with Gasteiger partial charge in [-0.25, -0.2) is 4.98 Å². The number of benzene rings is 2. The number of imidazole rings is 1. The van der Waals surface area contributed by atoms with Gasteiger partial charge >= 0.3 is 0 Å². The first-order valence-electron chi connectivity index (χ1n) is 9.42. The third kappa shape index (κ3) is 1.63. The van der Waals surface area contributed by atoms with E-state index in [0.717, 1.165) is 39.3 Å². The van der Waals surface area contributed by atoms with Crippen molar-refractivity contribution in [1.82, 2.24) is 19.4 Å². The van der Waals surface area contributed by atoms with Crippen LogP contribution in [0.5, 0.6) is 0 Å². The van der Waals surface area contributed by atoms with Crippen molar-refractivity contribution >= 4 is 38.4 Å². The highest BCUT2D eigenvalue weighted by Gasteiger charge is 2.24. The Bertz CT molecular complexity index is 1590. The third-order valence-corrected chi connectivity index (χ3v) is 5.99. The molecule has 0 saturated heterocycles. The Balaban J connectivity index is 1.76. The van der Waals surface area contributed by atoms with Gasteiger partial charge in [0.2, 0.25) is 0 Å². The van der Waals surface area contributed by atoms with Gasteiger partial charge in [-0.15, -0.1) is 0 Å². The Labute approximate surface area is 160 Å². The summed E-state index contributed by atoms with van der Waals surface area (Å²) in [6.45, 7) is 0. The van der Waals surface area contributed by atoms with Gasteiger partial charge in [-0.3, -0.25) is 14.4 Å². The minimum atomic E-state index is 0.939. The molecule has 7 rings (SSSR count). The molecule has 28 heavy (non-hydrogen) atoms. The molecule has 4 aromatic heterocycles. The van der Waals surface area contributed by atoms with E-state index in [0.29, 0.717) is 0 Å². The lowest BCUT2D eigenvalue weighted by atomic mass is 10.0. The zero-order valence-electron chi connectivity index (χ0n) is 14.9. The van der Waals surface area contributed by atoms with Crippen LogP contribution < -0.4 is 0 Å². The van der Waals surface area contributed by atoms with E-state index in [1.165, 1.54) is 27.8 Å². The number of fused-ring (bicyclic) bond motifs is 12. The van der Waals surface area contributed by atoms with E-state index in [9.17, 15) is 0 Å². The summed E-state index contributed by atoms with van der Waals surface area (Å²) in [5.74, 6) is 0. The Hall–Kier alpha value is -3.79. The van der Waals surface area contributed by atoms with Crippen LogP contribution in [0.4, 0.5) is 0 Å². The van der Waals surface area contributed by atoms with E-state index in [1.807, 2.05) is 24.8 Å². The molecule has 0 atom stereocenters. The van der Waals surface area contributed by atoms with Crippen LogP contribution in [0.15, 0.2) is 73.3 Å². The van der Waals surface area contributed by atoms with E-state index in [2.05, 4.69) is 62.9 Å². The molecule has 0 unspecified atom stereocenters. The summed E-state index contributed by atoms with van der Waals surface area (Å²) >= 11 is 0. The van der Waals surface area contributed by atoms with Gasteiger partial charge in [-0.05, 0) is 45.8 Å². The van der Waals surface area contributed by atoms with Crippen molar-refractivity contribution < 1.29 is 0 Å². The average molecular weight is 358 g/mol. The van der Waals surface area contributed by atoms with E-state index < -0.39 is 0 Å². The molecule has 4 nitrogen and oxygen atoms in total.